The first-order chi connectivity index (χ1) is 7.18. The molecule has 4 heteroatoms. The van der Waals surface area contributed by atoms with E-state index >= 15 is 0 Å². The second-order valence-electron chi connectivity index (χ2n) is 4.12. The van der Waals surface area contributed by atoms with Gasteiger partial charge in [0.2, 0.25) is 0 Å². The average molecular weight is 207 g/mol. The largest absolute Gasteiger partial charge is 0.365 e. The minimum Gasteiger partial charge on any atom is -0.365 e. The summed E-state index contributed by atoms with van der Waals surface area (Å²) in [7, 11) is 0. The Kier molecular flexibility index (Phi) is 2.77. The van der Waals surface area contributed by atoms with Gasteiger partial charge in [-0.25, -0.2) is 0 Å². The molecule has 0 aromatic carbocycles. The van der Waals surface area contributed by atoms with Crippen molar-refractivity contribution in [2.75, 3.05) is 19.6 Å². The number of carbonyl (C=O) groups is 1. The zero-order valence-corrected chi connectivity index (χ0v) is 9.21. The van der Waals surface area contributed by atoms with Gasteiger partial charge in [0.15, 0.2) is 0 Å². The molecule has 1 amide bonds. The first kappa shape index (κ1) is 10.2. The molecule has 0 radical (unpaired) electrons. The van der Waals surface area contributed by atoms with Crippen molar-refractivity contribution in [1.29, 1.82) is 0 Å². The number of nitrogens with zero attached hydrogens (tertiary/aromatic N) is 1. The van der Waals surface area contributed by atoms with Crippen molar-refractivity contribution in [3.63, 3.8) is 0 Å². The molecule has 1 aliphatic heterocycles. The van der Waals surface area contributed by atoms with E-state index < -0.39 is 0 Å². The molecule has 2 heterocycles. The van der Waals surface area contributed by atoms with E-state index in [0.29, 0.717) is 6.04 Å². The van der Waals surface area contributed by atoms with E-state index in [0.717, 1.165) is 30.9 Å². The van der Waals surface area contributed by atoms with Crippen molar-refractivity contribution in [3.05, 3.63) is 23.5 Å². The summed E-state index contributed by atoms with van der Waals surface area (Å²) in [5, 5.41) is 3.33. The maximum Gasteiger partial charge on any atom is 0.255 e. The van der Waals surface area contributed by atoms with E-state index in [1.165, 1.54) is 0 Å². The van der Waals surface area contributed by atoms with Gasteiger partial charge in [0, 0.05) is 37.6 Å². The number of nitrogens with one attached hydrogen (secondary N) is 2. The van der Waals surface area contributed by atoms with Gasteiger partial charge < -0.3 is 15.2 Å². The molecule has 15 heavy (non-hydrogen) atoms. The number of rotatable bonds is 1. The zero-order valence-electron chi connectivity index (χ0n) is 9.21. The van der Waals surface area contributed by atoms with Gasteiger partial charge in [-0.1, -0.05) is 0 Å². The lowest BCUT2D eigenvalue weighted by Gasteiger charge is -2.31. The SMILES string of the molecule is Cc1[nH]ccc1C(=O)N1CCN[C@H](C)C1. The monoisotopic (exact) mass is 207 g/mol. The van der Waals surface area contributed by atoms with Crippen LogP contribution in [0.15, 0.2) is 12.3 Å². The van der Waals surface area contributed by atoms with Crippen molar-refractivity contribution in [1.82, 2.24) is 15.2 Å². The molecule has 1 aliphatic rings. The van der Waals surface area contributed by atoms with E-state index in [-0.39, 0.29) is 5.91 Å². The van der Waals surface area contributed by atoms with Crippen molar-refractivity contribution < 1.29 is 4.79 Å². The Morgan fingerprint density at radius 2 is 2.40 bits per heavy atom. The van der Waals surface area contributed by atoms with Crippen LogP contribution in [0.25, 0.3) is 0 Å². The molecule has 1 saturated heterocycles. The summed E-state index contributed by atoms with van der Waals surface area (Å²) in [6.45, 7) is 6.51. The minimum absolute atomic E-state index is 0.141. The average Bonchev–Trinajstić information content (AvgIpc) is 2.63. The van der Waals surface area contributed by atoms with Crippen LogP contribution in [-0.2, 0) is 0 Å². The number of aromatic amines is 1. The Bertz CT molecular complexity index is 358. The van der Waals surface area contributed by atoms with E-state index in [4.69, 9.17) is 0 Å². The molecule has 2 rings (SSSR count). The third-order valence-corrected chi connectivity index (χ3v) is 2.84. The predicted molar refractivity (Wildman–Crippen MR) is 58.9 cm³/mol. The molecule has 0 saturated carbocycles. The van der Waals surface area contributed by atoms with Gasteiger partial charge in [-0.15, -0.1) is 0 Å². The van der Waals surface area contributed by atoms with Gasteiger partial charge in [-0.05, 0) is 19.9 Å². The van der Waals surface area contributed by atoms with Crippen LogP contribution in [0, 0.1) is 6.92 Å². The fraction of sp³-hybridized carbons (Fsp3) is 0.545. The third-order valence-electron chi connectivity index (χ3n) is 2.84. The Morgan fingerprint density at radius 3 is 3.00 bits per heavy atom. The fourth-order valence-corrected chi connectivity index (χ4v) is 1.97. The highest BCUT2D eigenvalue weighted by Gasteiger charge is 2.22. The molecule has 1 atom stereocenters. The number of hydrogen-bond acceptors (Lipinski definition) is 2. The van der Waals surface area contributed by atoms with Gasteiger partial charge in [0.25, 0.3) is 5.91 Å². The van der Waals surface area contributed by atoms with Crippen molar-refractivity contribution >= 4 is 5.91 Å². The normalized spacial score (nSPS) is 21.7. The first-order valence-corrected chi connectivity index (χ1v) is 5.35. The lowest BCUT2D eigenvalue weighted by Crippen LogP contribution is -2.51. The maximum absolute atomic E-state index is 12.1. The molecule has 1 aromatic rings. The molecular weight excluding hydrogens is 190 g/mol. The summed E-state index contributed by atoms with van der Waals surface area (Å²) >= 11 is 0. The molecule has 4 nitrogen and oxygen atoms in total. The van der Waals surface area contributed by atoms with Gasteiger partial charge in [-0.2, -0.15) is 0 Å². The number of amides is 1. The number of carbonyl (C=O) groups excluding carboxylic acids is 1. The number of aromatic nitrogens is 1. The van der Waals surface area contributed by atoms with Gasteiger partial charge in [0.05, 0.1) is 5.56 Å². The quantitative estimate of drug-likeness (QED) is 0.714. The summed E-state index contributed by atoms with van der Waals surface area (Å²) < 4.78 is 0. The van der Waals surface area contributed by atoms with Crippen LogP contribution in [-0.4, -0.2) is 41.5 Å². The van der Waals surface area contributed by atoms with E-state index in [1.807, 2.05) is 24.1 Å². The van der Waals surface area contributed by atoms with Gasteiger partial charge >= 0.3 is 0 Å². The highest BCUT2D eigenvalue weighted by Crippen LogP contribution is 2.10. The maximum atomic E-state index is 12.1. The summed E-state index contributed by atoms with van der Waals surface area (Å²) in [6, 6.07) is 2.24. The lowest BCUT2D eigenvalue weighted by molar-refractivity contribution is 0.0708. The first-order valence-electron chi connectivity index (χ1n) is 5.35. The third kappa shape index (κ3) is 2.04. The van der Waals surface area contributed by atoms with Crippen LogP contribution in [0.1, 0.15) is 23.0 Å². The summed E-state index contributed by atoms with van der Waals surface area (Å²) in [6.07, 6.45) is 1.81. The Labute approximate surface area is 89.7 Å². The number of aryl methyl sites for hydroxylation is 1. The molecule has 82 valence electrons. The van der Waals surface area contributed by atoms with Crippen molar-refractivity contribution in [2.24, 2.45) is 0 Å². The zero-order chi connectivity index (χ0) is 10.8. The molecule has 0 spiro atoms. The second-order valence-corrected chi connectivity index (χ2v) is 4.12. The lowest BCUT2D eigenvalue weighted by atomic mass is 10.2. The predicted octanol–water partition coefficient (Wildman–Crippen LogP) is 0.757. The Morgan fingerprint density at radius 1 is 1.60 bits per heavy atom. The Balaban J connectivity index is 2.11. The second kappa shape index (κ2) is 4.06. The standard InChI is InChI=1S/C11H17N3O/c1-8-7-14(6-5-12-8)11(15)10-3-4-13-9(10)2/h3-4,8,12-13H,5-7H2,1-2H3/t8-/m1/s1. The molecule has 0 aliphatic carbocycles. The summed E-state index contributed by atoms with van der Waals surface area (Å²) in [4.78, 5) is 17.1. The minimum atomic E-state index is 0.141. The highest BCUT2D eigenvalue weighted by molar-refractivity contribution is 5.95. The van der Waals surface area contributed by atoms with Crippen LogP contribution in [0.3, 0.4) is 0 Å². The van der Waals surface area contributed by atoms with Crippen LogP contribution in [0.5, 0.6) is 0 Å². The van der Waals surface area contributed by atoms with Crippen LogP contribution >= 0.6 is 0 Å². The molecule has 0 bridgehead atoms. The van der Waals surface area contributed by atoms with Gasteiger partial charge in [0.1, 0.15) is 0 Å². The van der Waals surface area contributed by atoms with E-state index in [9.17, 15) is 4.79 Å². The topological polar surface area (TPSA) is 48.1 Å². The fourth-order valence-electron chi connectivity index (χ4n) is 1.97. The van der Waals surface area contributed by atoms with Crippen LogP contribution < -0.4 is 5.32 Å². The number of H-pyrrole nitrogens is 1. The van der Waals surface area contributed by atoms with E-state index in [2.05, 4.69) is 17.2 Å². The number of hydrogen-bond donors (Lipinski definition) is 2. The highest BCUT2D eigenvalue weighted by atomic mass is 16.2. The Hall–Kier alpha value is -1.29. The molecular formula is C11H17N3O. The smallest absolute Gasteiger partial charge is 0.255 e. The van der Waals surface area contributed by atoms with Crippen molar-refractivity contribution in [3.8, 4) is 0 Å². The molecule has 1 aromatic heterocycles. The van der Waals surface area contributed by atoms with Crippen molar-refractivity contribution in [2.45, 2.75) is 19.9 Å². The van der Waals surface area contributed by atoms with Crippen LogP contribution in [0.4, 0.5) is 0 Å². The number of piperazine rings is 1. The molecule has 0 unspecified atom stereocenters. The molecule has 2 N–H and O–H groups in total. The van der Waals surface area contributed by atoms with E-state index in [1.54, 1.807) is 0 Å². The summed E-state index contributed by atoms with van der Waals surface area (Å²) in [5.41, 5.74) is 1.75. The van der Waals surface area contributed by atoms with Crippen LogP contribution in [0.2, 0.25) is 0 Å². The van der Waals surface area contributed by atoms with Gasteiger partial charge in [-0.3, -0.25) is 4.79 Å². The molecule has 1 fully saturated rings. The summed E-state index contributed by atoms with van der Waals surface area (Å²) in [5.74, 6) is 0.141.